The lowest BCUT2D eigenvalue weighted by Crippen LogP contribution is -1.96. The number of benzene rings is 4. The molecule has 4 aromatic carbocycles. The molecule has 1 heterocycles. The van der Waals surface area contributed by atoms with Gasteiger partial charge in [0.25, 0.3) is 0 Å². The molecule has 1 atom stereocenters. The van der Waals surface area contributed by atoms with Crippen molar-refractivity contribution in [2.24, 2.45) is 0 Å². The first-order valence-corrected chi connectivity index (χ1v) is 11.1. The average molecular weight is 444 g/mol. The van der Waals surface area contributed by atoms with Crippen LogP contribution >= 0.6 is 0 Å². The molecular formula is C29H23F3O. The van der Waals surface area contributed by atoms with Gasteiger partial charge in [-0.1, -0.05) is 86.1 Å². The zero-order chi connectivity index (χ0) is 22.9. The van der Waals surface area contributed by atoms with Gasteiger partial charge in [0.05, 0.1) is 6.61 Å². The molecule has 1 aliphatic heterocycles. The predicted molar refractivity (Wildman–Crippen MR) is 125 cm³/mol. The summed E-state index contributed by atoms with van der Waals surface area (Å²) in [6, 6.07) is 23.3. The summed E-state index contributed by atoms with van der Waals surface area (Å²) in [5.41, 5.74) is 5.13. The second kappa shape index (κ2) is 8.87. The van der Waals surface area contributed by atoms with Crippen LogP contribution in [0.4, 0.5) is 13.2 Å². The van der Waals surface area contributed by atoms with Gasteiger partial charge in [0, 0.05) is 16.7 Å². The maximum atomic E-state index is 15.0. The fourth-order valence-electron chi connectivity index (χ4n) is 4.17. The smallest absolute Gasteiger partial charge is 0.167 e. The van der Waals surface area contributed by atoms with Gasteiger partial charge in [0.2, 0.25) is 0 Å². The van der Waals surface area contributed by atoms with Crippen LogP contribution < -0.4 is 0 Å². The SMILES string of the molecule is CCCc1ccc(-c2ccc(-c3ccc(-c4ccc(C5CO5)c(F)c4F)cc3)c(F)c2)cc1. The molecule has 0 spiro atoms. The molecule has 0 amide bonds. The number of halogens is 3. The van der Waals surface area contributed by atoms with Crippen molar-refractivity contribution in [2.45, 2.75) is 25.9 Å². The largest absolute Gasteiger partial charge is 0.368 e. The van der Waals surface area contributed by atoms with E-state index in [1.54, 1.807) is 42.5 Å². The Bertz CT molecular complexity index is 1290. The fraction of sp³-hybridized carbons (Fsp3) is 0.172. The van der Waals surface area contributed by atoms with Crippen LogP contribution in [0.2, 0.25) is 0 Å². The molecule has 1 saturated heterocycles. The van der Waals surface area contributed by atoms with E-state index in [1.165, 1.54) is 11.6 Å². The van der Waals surface area contributed by atoms with E-state index in [0.29, 0.717) is 23.3 Å². The fourth-order valence-corrected chi connectivity index (χ4v) is 4.17. The second-order valence-corrected chi connectivity index (χ2v) is 8.37. The van der Waals surface area contributed by atoms with Crippen molar-refractivity contribution in [3.63, 3.8) is 0 Å². The Morgan fingerprint density at radius 3 is 1.88 bits per heavy atom. The van der Waals surface area contributed by atoms with Crippen LogP contribution in [0.5, 0.6) is 0 Å². The van der Waals surface area contributed by atoms with E-state index in [2.05, 4.69) is 19.1 Å². The molecular weight excluding hydrogens is 421 g/mol. The van der Waals surface area contributed by atoms with Crippen molar-refractivity contribution >= 4 is 0 Å². The molecule has 33 heavy (non-hydrogen) atoms. The van der Waals surface area contributed by atoms with Gasteiger partial charge >= 0.3 is 0 Å². The Balaban J connectivity index is 1.40. The molecule has 0 radical (unpaired) electrons. The standard InChI is InChI=1S/C29H23F3O/c1-2-3-18-4-6-19(7-5-18)22-12-13-23(26(30)16-22)20-8-10-21(11-9-20)24-14-15-25(27-17-33-27)29(32)28(24)31/h4-16,27H,2-3,17H2,1H3. The van der Waals surface area contributed by atoms with E-state index < -0.39 is 11.6 Å². The first kappa shape index (κ1) is 21.5. The van der Waals surface area contributed by atoms with E-state index in [1.807, 2.05) is 18.2 Å². The minimum Gasteiger partial charge on any atom is -0.368 e. The van der Waals surface area contributed by atoms with Gasteiger partial charge in [-0.2, -0.15) is 0 Å². The average Bonchev–Trinajstić information content (AvgIpc) is 3.67. The van der Waals surface area contributed by atoms with Crippen molar-refractivity contribution in [3.8, 4) is 33.4 Å². The van der Waals surface area contributed by atoms with E-state index in [4.69, 9.17) is 4.74 Å². The number of rotatable bonds is 6. The highest BCUT2D eigenvalue weighted by atomic mass is 19.2. The minimum absolute atomic E-state index is 0.172. The third-order valence-electron chi connectivity index (χ3n) is 6.09. The number of epoxide rings is 1. The molecule has 0 N–H and O–H groups in total. The number of aryl methyl sites for hydroxylation is 1. The molecule has 0 aromatic heterocycles. The molecule has 4 aromatic rings. The minimum atomic E-state index is -0.892. The van der Waals surface area contributed by atoms with Gasteiger partial charge in [-0.15, -0.1) is 0 Å². The molecule has 166 valence electrons. The third kappa shape index (κ3) is 4.31. The summed E-state index contributed by atoms with van der Waals surface area (Å²) in [5.74, 6) is -2.09. The Kier molecular flexibility index (Phi) is 5.77. The summed E-state index contributed by atoms with van der Waals surface area (Å²) in [6.45, 7) is 2.56. The van der Waals surface area contributed by atoms with E-state index in [-0.39, 0.29) is 23.0 Å². The van der Waals surface area contributed by atoms with Gasteiger partial charge < -0.3 is 4.74 Å². The van der Waals surface area contributed by atoms with Gasteiger partial charge in [0.15, 0.2) is 11.6 Å². The highest BCUT2D eigenvalue weighted by Gasteiger charge is 2.30. The highest BCUT2D eigenvalue weighted by Crippen LogP contribution is 2.36. The van der Waals surface area contributed by atoms with Gasteiger partial charge in [0.1, 0.15) is 11.9 Å². The zero-order valence-corrected chi connectivity index (χ0v) is 18.2. The van der Waals surface area contributed by atoms with E-state index in [9.17, 15) is 13.2 Å². The summed E-state index contributed by atoms with van der Waals surface area (Å²) in [5, 5.41) is 0. The van der Waals surface area contributed by atoms with Gasteiger partial charge in [-0.25, -0.2) is 13.2 Å². The lowest BCUT2D eigenvalue weighted by Gasteiger charge is -2.10. The monoisotopic (exact) mass is 444 g/mol. The summed E-state index contributed by atoms with van der Waals surface area (Å²) >= 11 is 0. The second-order valence-electron chi connectivity index (χ2n) is 8.37. The zero-order valence-electron chi connectivity index (χ0n) is 18.2. The van der Waals surface area contributed by atoms with Crippen molar-refractivity contribution in [2.75, 3.05) is 6.61 Å². The molecule has 1 aliphatic rings. The van der Waals surface area contributed by atoms with Crippen molar-refractivity contribution in [3.05, 3.63) is 107 Å². The molecule has 0 saturated carbocycles. The lowest BCUT2D eigenvalue weighted by atomic mass is 9.96. The molecule has 0 aliphatic carbocycles. The molecule has 1 fully saturated rings. The van der Waals surface area contributed by atoms with E-state index in [0.717, 1.165) is 24.0 Å². The molecule has 1 nitrogen and oxygen atoms in total. The van der Waals surface area contributed by atoms with Crippen LogP contribution in [0, 0.1) is 17.5 Å². The molecule has 0 bridgehead atoms. The van der Waals surface area contributed by atoms with Crippen LogP contribution in [-0.2, 0) is 11.2 Å². The van der Waals surface area contributed by atoms with Gasteiger partial charge in [-0.3, -0.25) is 0 Å². The summed E-state index contributed by atoms with van der Waals surface area (Å²) in [6.07, 6.45) is 1.76. The maximum Gasteiger partial charge on any atom is 0.167 e. The lowest BCUT2D eigenvalue weighted by molar-refractivity contribution is 0.401. The number of hydrogen-bond acceptors (Lipinski definition) is 1. The number of ether oxygens (including phenoxy) is 1. The summed E-state index contributed by atoms with van der Waals surface area (Å²) in [7, 11) is 0. The number of hydrogen-bond donors (Lipinski definition) is 0. The summed E-state index contributed by atoms with van der Waals surface area (Å²) in [4.78, 5) is 0. The topological polar surface area (TPSA) is 12.5 Å². The quantitative estimate of drug-likeness (QED) is 0.274. The van der Waals surface area contributed by atoms with E-state index >= 15 is 0 Å². The highest BCUT2D eigenvalue weighted by molar-refractivity contribution is 5.74. The molecule has 5 rings (SSSR count). The third-order valence-corrected chi connectivity index (χ3v) is 6.09. The Morgan fingerprint density at radius 1 is 0.697 bits per heavy atom. The van der Waals surface area contributed by atoms with Crippen LogP contribution in [0.3, 0.4) is 0 Å². The van der Waals surface area contributed by atoms with Crippen LogP contribution in [0.1, 0.15) is 30.6 Å². The first-order valence-electron chi connectivity index (χ1n) is 11.1. The Hall–Kier alpha value is -3.37. The molecule has 4 heteroatoms. The van der Waals surface area contributed by atoms with Crippen molar-refractivity contribution in [1.29, 1.82) is 0 Å². The first-order chi connectivity index (χ1) is 16.0. The normalized spacial score (nSPS) is 15.0. The summed E-state index contributed by atoms with van der Waals surface area (Å²) < 4.78 is 49.0. The van der Waals surface area contributed by atoms with Crippen LogP contribution in [-0.4, -0.2) is 6.61 Å². The predicted octanol–water partition coefficient (Wildman–Crippen LogP) is 8.13. The Labute approximate surface area is 191 Å². The van der Waals surface area contributed by atoms with Crippen LogP contribution in [0.25, 0.3) is 33.4 Å². The molecule has 1 unspecified atom stereocenters. The van der Waals surface area contributed by atoms with Crippen molar-refractivity contribution in [1.82, 2.24) is 0 Å². The van der Waals surface area contributed by atoms with Crippen molar-refractivity contribution < 1.29 is 17.9 Å². The van der Waals surface area contributed by atoms with Crippen LogP contribution in [0.15, 0.2) is 78.9 Å². The van der Waals surface area contributed by atoms with Gasteiger partial charge in [-0.05, 0) is 40.3 Å². The Morgan fingerprint density at radius 2 is 1.27 bits per heavy atom. The maximum absolute atomic E-state index is 15.0.